The fourth-order valence-corrected chi connectivity index (χ4v) is 4.19. The van der Waals surface area contributed by atoms with Gasteiger partial charge in [0.15, 0.2) is 6.23 Å². The highest BCUT2D eigenvalue weighted by molar-refractivity contribution is 6.23. The number of rotatable bonds is 0. The van der Waals surface area contributed by atoms with Crippen molar-refractivity contribution >= 4 is 44.1 Å². The molecule has 0 fully saturated rings. The molecule has 5 aromatic rings. The molecule has 0 radical (unpaired) electrons. The number of aliphatic hydroxyl groups excluding tert-OH is 1. The number of carbonyl (C=O) groups excluding carboxylic acids is 1. The summed E-state index contributed by atoms with van der Waals surface area (Å²) in [5.74, 6) is -0.239. The van der Waals surface area contributed by atoms with Crippen molar-refractivity contribution < 1.29 is 9.90 Å². The van der Waals surface area contributed by atoms with E-state index in [1.165, 1.54) is 0 Å². The zero-order chi connectivity index (χ0) is 16.7. The van der Waals surface area contributed by atoms with Crippen LogP contribution in [0.25, 0.3) is 38.2 Å². The Balaban J connectivity index is 2.02. The molecule has 0 aliphatic carbocycles. The lowest BCUT2D eigenvalue weighted by molar-refractivity contribution is 0.0846. The first-order valence-electron chi connectivity index (χ1n) is 8.19. The summed E-state index contributed by atoms with van der Waals surface area (Å²) in [6.45, 7) is 0. The van der Waals surface area contributed by atoms with Crippen LogP contribution in [0.4, 0.5) is 0 Å². The molecule has 3 N–H and O–H groups in total. The van der Waals surface area contributed by atoms with Crippen LogP contribution in [0.15, 0.2) is 54.6 Å². The van der Waals surface area contributed by atoms with Crippen molar-refractivity contribution in [2.75, 3.05) is 0 Å². The first-order chi connectivity index (χ1) is 12.2. The average molecular weight is 327 g/mol. The Morgan fingerprint density at radius 1 is 1.00 bits per heavy atom. The number of aromatic amines is 1. The van der Waals surface area contributed by atoms with E-state index in [-0.39, 0.29) is 5.91 Å². The Morgan fingerprint density at radius 2 is 1.80 bits per heavy atom. The molecule has 2 aromatic carbocycles. The van der Waals surface area contributed by atoms with Crippen LogP contribution in [0, 0.1) is 0 Å². The van der Waals surface area contributed by atoms with Gasteiger partial charge in [-0.1, -0.05) is 36.4 Å². The lowest BCUT2D eigenvalue weighted by atomic mass is 10.1. The molecule has 1 atom stereocenters. The normalized spacial score (nSPS) is 17.0. The number of para-hydroxylation sites is 2. The minimum absolute atomic E-state index is 0.239. The van der Waals surface area contributed by atoms with Gasteiger partial charge < -0.3 is 19.8 Å². The van der Waals surface area contributed by atoms with E-state index >= 15 is 0 Å². The van der Waals surface area contributed by atoms with Gasteiger partial charge in [0.1, 0.15) is 0 Å². The summed E-state index contributed by atoms with van der Waals surface area (Å²) < 4.78 is 1.99. The Bertz CT molecular complexity index is 1360. The Hall–Kier alpha value is -3.31. The molecular formula is C20H13N3O2. The van der Waals surface area contributed by atoms with Crippen LogP contribution in [0.3, 0.4) is 0 Å². The minimum atomic E-state index is -1.01. The third-order valence-electron chi connectivity index (χ3n) is 5.17. The molecule has 0 saturated carbocycles. The highest BCUT2D eigenvalue weighted by atomic mass is 16.3. The number of aliphatic hydroxyl groups is 1. The highest BCUT2D eigenvalue weighted by Crippen LogP contribution is 2.40. The summed E-state index contributed by atoms with van der Waals surface area (Å²) in [5.41, 5.74) is 4.99. The summed E-state index contributed by atoms with van der Waals surface area (Å²) in [5, 5.41) is 16.1. The molecule has 1 aliphatic heterocycles. The van der Waals surface area contributed by atoms with Crippen molar-refractivity contribution in [3.05, 3.63) is 65.9 Å². The molecular weight excluding hydrogens is 314 g/mol. The van der Waals surface area contributed by atoms with Crippen LogP contribution < -0.4 is 5.32 Å². The summed E-state index contributed by atoms with van der Waals surface area (Å²) in [7, 11) is 0. The van der Waals surface area contributed by atoms with Gasteiger partial charge in [-0.2, -0.15) is 0 Å². The second kappa shape index (κ2) is 4.20. The summed E-state index contributed by atoms with van der Waals surface area (Å²) in [4.78, 5) is 16.1. The highest BCUT2D eigenvalue weighted by Gasteiger charge is 2.34. The first kappa shape index (κ1) is 13.0. The monoisotopic (exact) mass is 327 g/mol. The number of benzene rings is 2. The van der Waals surface area contributed by atoms with E-state index in [1.54, 1.807) is 0 Å². The maximum absolute atomic E-state index is 12.6. The Kier molecular flexibility index (Phi) is 2.19. The van der Waals surface area contributed by atoms with E-state index < -0.39 is 6.23 Å². The predicted octanol–water partition coefficient (Wildman–Crippen LogP) is 3.46. The molecule has 4 heterocycles. The summed E-state index contributed by atoms with van der Waals surface area (Å²) in [6, 6.07) is 18.0. The number of aromatic nitrogens is 2. The van der Waals surface area contributed by atoms with E-state index in [2.05, 4.69) is 16.4 Å². The molecule has 25 heavy (non-hydrogen) atoms. The second-order valence-corrected chi connectivity index (χ2v) is 6.48. The Morgan fingerprint density at radius 3 is 2.72 bits per heavy atom. The maximum atomic E-state index is 12.6. The third-order valence-corrected chi connectivity index (χ3v) is 5.17. The molecule has 1 amide bonds. The number of nitrogens with one attached hydrogen (secondary N) is 2. The number of pyridine rings is 1. The van der Waals surface area contributed by atoms with Crippen molar-refractivity contribution in [2.45, 2.75) is 6.23 Å². The van der Waals surface area contributed by atoms with Crippen LogP contribution >= 0.6 is 0 Å². The SMILES string of the molecule is O=C1NC(O)c2c1c1c3ccccc3[nH]c1c1cc3ccccc3n21. The molecule has 3 aromatic heterocycles. The van der Waals surface area contributed by atoms with E-state index in [0.29, 0.717) is 11.3 Å². The van der Waals surface area contributed by atoms with Gasteiger partial charge in [0.05, 0.1) is 27.8 Å². The molecule has 6 rings (SSSR count). The predicted molar refractivity (Wildman–Crippen MR) is 96.7 cm³/mol. The Labute approximate surface area is 141 Å². The van der Waals surface area contributed by atoms with Gasteiger partial charge in [-0.25, -0.2) is 0 Å². The molecule has 0 saturated heterocycles. The fourth-order valence-electron chi connectivity index (χ4n) is 4.19. The largest absolute Gasteiger partial charge is 0.368 e. The standard InChI is InChI=1S/C20H13N3O2/c24-19-16-15-11-6-2-3-7-12(11)21-17(15)14-9-10-5-1-4-8-13(10)23(14)18(16)20(25)22-19/h1-9,20-21,25H,(H,22,24). The second-order valence-electron chi connectivity index (χ2n) is 6.48. The van der Waals surface area contributed by atoms with Crippen molar-refractivity contribution in [1.29, 1.82) is 0 Å². The number of nitrogens with zero attached hydrogens (tertiary/aromatic N) is 1. The van der Waals surface area contributed by atoms with Gasteiger partial charge in [0, 0.05) is 21.7 Å². The van der Waals surface area contributed by atoms with E-state index in [4.69, 9.17) is 0 Å². The van der Waals surface area contributed by atoms with E-state index in [0.717, 1.165) is 38.2 Å². The number of hydrogen-bond acceptors (Lipinski definition) is 2. The van der Waals surface area contributed by atoms with Crippen LogP contribution in [0.2, 0.25) is 0 Å². The van der Waals surface area contributed by atoms with Gasteiger partial charge in [-0.3, -0.25) is 4.79 Å². The van der Waals surface area contributed by atoms with Gasteiger partial charge in [0.25, 0.3) is 5.91 Å². The van der Waals surface area contributed by atoms with Crippen LogP contribution in [0.5, 0.6) is 0 Å². The van der Waals surface area contributed by atoms with Crippen molar-refractivity contribution in [2.24, 2.45) is 0 Å². The number of carbonyl (C=O) groups is 1. The maximum Gasteiger partial charge on any atom is 0.256 e. The van der Waals surface area contributed by atoms with Crippen molar-refractivity contribution in [3.8, 4) is 0 Å². The molecule has 1 aliphatic rings. The average Bonchev–Trinajstić information content (AvgIpc) is 3.26. The number of amides is 1. The van der Waals surface area contributed by atoms with Crippen LogP contribution in [-0.2, 0) is 0 Å². The lowest BCUT2D eigenvalue weighted by Gasteiger charge is -2.10. The molecule has 0 spiro atoms. The van der Waals surface area contributed by atoms with Crippen LogP contribution in [0.1, 0.15) is 22.3 Å². The van der Waals surface area contributed by atoms with E-state index in [1.807, 2.05) is 52.9 Å². The minimum Gasteiger partial charge on any atom is -0.368 e. The molecule has 1 unspecified atom stereocenters. The summed E-state index contributed by atoms with van der Waals surface area (Å²) >= 11 is 0. The number of hydrogen-bond donors (Lipinski definition) is 3. The van der Waals surface area contributed by atoms with Gasteiger partial charge >= 0.3 is 0 Å². The smallest absolute Gasteiger partial charge is 0.256 e. The molecule has 5 nitrogen and oxygen atoms in total. The zero-order valence-corrected chi connectivity index (χ0v) is 13.1. The topological polar surface area (TPSA) is 69.5 Å². The van der Waals surface area contributed by atoms with Crippen LogP contribution in [-0.4, -0.2) is 20.4 Å². The number of fused-ring (bicyclic) bond motifs is 10. The zero-order valence-electron chi connectivity index (χ0n) is 13.1. The third kappa shape index (κ3) is 1.45. The quantitative estimate of drug-likeness (QED) is 0.408. The molecule has 120 valence electrons. The lowest BCUT2D eigenvalue weighted by Crippen LogP contribution is -2.18. The van der Waals surface area contributed by atoms with Gasteiger partial charge in [0.2, 0.25) is 0 Å². The summed E-state index contributed by atoms with van der Waals surface area (Å²) in [6.07, 6.45) is -1.01. The first-order valence-corrected chi connectivity index (χ1v) is 8.19. The number of H-pyrrole nitrogens is 1. The van der Waals surface area contributed by atoms with Crippen molar-refractivity contribution in [3.63, 3.8) is 0 Å². The molecule has 0 bridgehead atoms. The van der Waals surface area contributed by atoms with Gasteiger partial charge in [-0.15, -0.1) is 0 Å². The van der Waals surface area contributed by atoms with E-state index in [9.17, 15) is 9.90 Å². The van der Waals surface area contributed by atoms with Crippen molar-refractivity contribution in [1.82, 2.24) is 14.7 Å². The fraction of sp³-hybridized carbons (Fsp3) is 0.0500. The van der Waals surface area contributed by atoms with Gasteiger partial charge in [-0.05, 0) is 18.2 Å². The molecule has 5 heteroatoms.